The monoisotopic (exact) mass is 278 g/mol. The molecule has 0 radical (unpaired) electrons. The molecule has 0 bridgehead atoms. The van der Waals surface area contributed by atoms with Gasteiger partial charge < -0.3 is 5.32 Å². The topological polar surface area (TPSA) is 24.9 Å². The molecule has 0 aliphatic heterocycles. The summed E-state index contributed by atoms with van der Waals surface area (Å²) >= 11 is 0. The molecule has 21 heavy (non-hydrogen) atoms. The molecular weight excluding hydrogens is 256 g/mol. The van der Waals surface area contributed by atoms with Crippen molar-refractivity contribution in [2.24, 2.45) is 0 Å². The van der Waals surface area contributed by atoms with Crippen molar-refractivity contribution in [1.29, 1.82) is 0 Å². The van der Waals surface area contributed by atoms with Crippen LogP contribution in [0.3, 0.4) is 0 Å². The summed E-state index contributed by atoms with van der Waals surface area (Å²) in [5.74, 6) is 0. The molecule has 0 amide bonds. The number of nitrogens with one attached hydrogen (secondary N) is 1. The average Bonchev–Trinajstić information content (AvgIpc) is 2.45. The molecule has 1 heterocycles. The van der Waals surface area contributed by atoms with Crippen LogP contribution in [0.2, 0.25) is 0 Å². The van der Waals surface area contributed by atoms with Gasteiger partial charge in [0.15, 0.2) is 0 Å². The van der Waals surface area contributed by atoms with E-state index >= 15 is 0 Å². The Kier molecular flexibility index (Phi) is 3.12. The Morgan fingerprint density at radius 3 is 2.57 bits per heavy atom. The summed E-state index contributed by atoms with van der Waals surface area (Å²) in [7, 11) is 1.95. The maximum atomic E-state index is 4.93. The number of pyridine rings is 1. The van der Waals surface area contributed by atoms with Crippen molar-refractivity contribution in [1.82, 2.24) is 10.3 Å². The van der Waals surface area contributed by atoms with Gasteiger partial charge in [-0.2, -0.15) is 0 Å². The van der Waals surface area contributed by atoms with Crippen molar-refractivity contribution >= 4 is 16.5 Å². The third-order valence-corrected chi connectivity index (χ3v) is 4.54. The first-order valence-corrected chi connectivity index (χ1v) is 7.43. The number of nitrogens with zero attached hydrogens (tertiary/aromatic N) is 1. The Hall–Kier alpha value is -2.09. The van der Waals surface area contributed by atoms with Crippen LogP contribution in [-0.2, 0) is 5.41 Å². The van der Waals surface area contributed by atoms with Gasteiger partial charge in [-0.1, -0.05) is 38.1 Å². The first-order chi connectivity index (χ1) is 9.96. The van der Waals surface area contributed by atoms with Gasteiger partial charge in [0.25, 0.3) is 0 Å². The summed E-state index contributed by atoms with van der Waals surface area (Å²) in [5, 5.41) is 4.43. The third kappa shape index (κ3) is 1.98. The number of para-hydroxylation sites is 1. The molecule has 1 N–H and O–H groups in total. The molecule has 1 aliphatic rings. The third-order valence-electron chi connectivity index (χ3n) is 4.54. The highest BCUT2D eigenvalue weighted by Gasteiger charge is 2.34. The van der Waals surface area contributed by atoms with Crippen LogP contribution >= 0.6 is 0 Å². The Morgan fingerprint density at radius 1 is 1.14 bits per heavy atom. The molecule has 0 atom stereocenters. The number of hydrogen-bond acceptors (Lipinski definition) is 2. The van der Waals surface area contributed by atoms with Crippen LogP contribution in [0.1, 0.15) is 37.6 Å². The van der Waals surface area contributed by atoms with Crippen LogP contribution in [0, 0.1) is 6.92 Å². The van der Waals surface area contributed by atoms with Crippen molar-refractivity contribution in [2.45, 2.75) is 33.1 Å². The van der Waals surface area contributed by atoms with Crippen LogP contribution in [-0.4, -0.2) is 12.0 Å². The minimum atomic E-state index is -0.0427. The van der Waals surface area contributed by atoms with Gasteiger partial charge in [0.1, 0.15) is 0 Å². The number of benzene rings is 1. The molecule has 2 heteroatoms. The van der Waals surface area contributed by atoms with Gasteiger partial charge in [-0.25, -0.2) is 4.98 Å². The van der Waals surface area contributed by atoms with Crippen molar-refractivity contribution in [3.63, 3.8) is 0 Å². The molecular formula is C19H22N2. The second-order valence-electron chi connectivity index (χ2n) is 6.32. The van der Waals surface area contributed by atoms with E-state index in [1.165, 1.54) is 27.7 Å². The summed E-state index contributed by atoms with van der Waals surface area (Å²) in [6, 6.07) is 8.41. The quantitative estimate of drug-likeness (QED) is 0.839. The van der Waals surface area contributed by atoms with E-state index in [2.05, 4.69) is 69.6 Å². The molecule has 2 nitrogen and oxygen atoms in total. The summed E-state index contributed by atoms with van der Waals surface area (Å²) < 4.78 is 0. The van der Waals surface area contributed by atoms with Gasteiger partial charge in [0, 0.05) is 24.0 Å². The van der Waals surface area contributed by atoms with Gasteiger partial charge >= 0.3 is 0 Å². The zero-order chi connectivity index (χ0) is 15.2. The summed E-state index contributed by atoms with van der Waals surface area (Å²) in [6.07, 6.45) is 4.35. The Bertz CT molecular complexity index is 779. The fraction of sp³-hybridized carbons (Fsp3) is 0.316. The van der Waals surface area contributed by atoms with Crippen molar-refractivity contribution in [2.75, 3.05) is 7.05 Å². The van der Waals surface area contributed by atoms with Crippen LogP contribution in [0.5, 0.6) is 0 Å². The van der Waals surface area contributed by atoms with Crippen LogP contribution < -0.4 is 5.32 Å². The van der Waals surface area contributed by atoms with Gasteiger partial charge in [-0.15, -0.1) is 0 Å². The first kappa shape index (κ1) is 13.9. The van der Waals surface area contributed by atoms with Gasteiger partial charge in [0.05, 0.1) is 11.2 Å². The SMILES string of the molecule is CN/C=C1\C=C(C)c2nc3ccccc3c(C)c2C1(C)C. The lowest BCUT2D eigenvalue weighted by molar-refractivity contribution is 0.619. The van der Waals surface area contributed by atoms with Gasteiger partial charge in [-0.05, 0) is 42.2 Å². The number of aromatic nitrogens is 1. The second kappa shape index (κ2) is 4.73. The van der Waals surface area contributed by atoms with Gasteiger partial charge in [0.2, 0.25) is 0 Å². The second-order valence-corrected chi connectivity index (χ2v) is 6.32. The van der Waals surface area contributed by atoms with E-state index in [4.69, 9.17) is 4.98 Å². The Labute approximate surface area is 126 Å². The molecule has 0 saturated heterocycles. The molecule has 2 aromatic rings. The molecule has 108 valence electrons. The van der Waals surface area contributed by atoms with E-state index in [0.29, 0.717) is 0 Å². The molecule has 1 aromatic carbocycles. The zero-order valence-corrected chi connectivity index (χ0v) is 13.4. The Morgan fingerprint density at radius 2 is 1.86 bits per heavy atom. The molecule has 3 rings (SSSR count). The molecule has 0 spiro atoms. The van der Waals surface area contributed by atoms with Crippen LogP contribution in [0.15, 0.2) is 42.1 Å². The highest BCUT2D eigenvalue weighted by molar-refractivity contribution is 5.88. The summed E-state index contributed by atoms with van der Waals surface area (Å²) in [6.45, 7) is 8.93. The number of fused-ring (bicyclic) bond motifs is 2. The normalized spacial score (nSPS) is 18.5. The lowest BCUT2D eigenvalue weighted by Crippen LogP contribution is -2.27. The number of rotatable bonds is 1. The first-order valence-electron chi connectivity index (χ1n) is 7.43. The van der Waals surface area contributed by atoms with E-state index < -0.39 is 0 Å². The van der Waals surface area contributed by atoms with Crippen molar-refractivity contribution in [3.05, 3.63) is 58.9 Å². The maximum absolute atomic E-state index is 4.93. The van der Waals surface area contributed by atoms with E-state index in [9.17, 15) is 0 Å². The fourth-order valence-electron chi connectivity index (χ4n) is 3.43. The number of hydrogen-bond donors (Lipinski definition) is 1. The summed E-state index contributed by atoms with van der Waals surface area (Å²) in [5.41, 5.74) is 7.41. The molecule has 1 aliphatic carbocycles. The van der Waals surface area contributed by atoms with E-state index in [0.717, 1.165) is 11.2 Å². The maximum Gasteiger partial charge on any atom is 0.0712 e. The lowest BCUT2D eigenvalue weighted by Gasteiger charge is -2.35. The van der Waals surface area contributed by atoms with Crippen LogP contribution in [0.4, 0.5) is 0 Å². The van der Waals surface area contributed by atoms with E-state index in [1.54, 1.807) is 0 Å². The van der Waals surface area contributed by atoms with Crippen molar-refractivity contribution in [3.8, 4) is 0 Å². The highest BCUT2D eigenvalue weighted by Crippen LogP contribution is 2.44. The average molecular weight is 278 g/mol. The fourth-order valence-corrected chi connectivity index (χ4v) is 3.43. The van der Waals surface area contributed by atoms with E-state index in [-0.39, 0.29) is 5.41 Å². The molecule has 0 saturated carbocycles. The number of aryl methyl sites for hydroxylation is 1. The van der Waals surface area contributed by atoms with Crippen LogP contribution in [0.25, 0.3) is 16.5 Å². The number of allylic oxidation sites excluding steroid dienone is 3. The largest absolute Gasteiger partial charge is 0.394 e. The standard InChI is InChI=1S/C19H22N2/c1-12-10-14(11-20-5)19(3,4)17-13(2)15-8-6-7-9-16(15)21-18(12)17/h6-11,20H,1-5H3/b14-11+. The predicted octanol–water partition coefficient (Wildman–Crippen LogP) is 4.34. The van der Waals surface area contributed by atoms with Crippen molar-refractivity contribution < 1.29 is 0 Å². The lowest BCUT2D eigenvalue weighted by atomic mass is 9.70. The Balaban J connectivity index is 2.41. The zero-order valence-electron chi connectivity index (χ0n) is 13.4. The molecule has 1 aromatic heterocycles. The minimum absolute atomic E-state index is 0.0427. The van der Waals surface area contributed by atoms with E-state index in [1.807, 2.05) is 7.05 Å². The molecule has 0 unspecified atom stereocenters. The smallest absolute Gasteiger partial charge is 0.0712 e. The highest BCUT2D eigenvalue weighted by atomic mass is 14.8. The summed E-state index contributed by atoms with van der Waals surface area (Å²) in [4.78, 5) is 4.93. The minimum Gasteiger partial charge on any atom is -0.394 e. The predicted molar refractivity (Wildman–Crippen MR) is 90.3 cm³/mol. The molecule has 0 fully saturated rings. The van der Waals surface area contributed by atoms with Gasteiger partial charge in [-0.3, -0.25) is 0 Å².